The zero-order valence-corrected chi connectivity index (χ0v) is 19.9. The van der Waals surface area contributed by atoms with Gasteiger partial charge in [-0.15, -0.1) is 0 Å². The van der Waals surface area contributed by atoms with E-state index in [2.05, 4.69) is 44.5 Å². The number of hydrogen-bond donors (Lipinski definition) is 2. The third kappa shape index (κ3) is 4.90. The van der Waals surface area contributed by atoms with Gasteiger partial charge in [-0.05, 0) is 12.2 Å². The average Bonchev–Trinajstić information content (AvgIpc) is 3.37. The molecule has 0 spiro atoms. The largest absolute Gasteiger partial charge is 0.369 e. The minimum Gasteiger partial charge on any atom is -0.369 e. The molecule has 3 aromatic rings. The zero-order valence-electron chi connectivity index (χ0n) is 18.2. The number of fused-ring (bicyclic) bond motifs is 2. The van der Waals surface area contributed by atoms with E-state index in [4.69, 9.17) is 0 Å². The third-order valence-corrected chi connectivity index (χ3v) is 6.68. The van der Waals surface area contributed by atoms with Gasteiger partial charge >= 0.3 is 0 Å². The summed E-state index contributed by atoms with van der Waals surface area (Å²) in [4.78, 5) is 38.0. The van der Waals surface area contributed by atoms with Crippen LogP contribution in [0, 0.1) is 5.92 Å². The number of amides is 1. The van der Waals surface area contributed by atoms with Gasteiger partial charge < -0.3 is 10.6 Å². The van der Waals surface area contributed by atoms with Crippen LogP contribution in [-0.4, -0.2) is 60.3 Å². The molecular formula is C20H26N8O2S2. The van der Waals surface area contributed by atoms with Gasteiger partial charge in [0.2, 0.25) is 5.91 Å². The quantitative estimate of drug-likeness (QED) is 0.354. The van der Waals surface area contributed by atoms with Gasteiger partial charge in [-0.2, -0.15) is 5.10 Å². The summed E-state index contributed by atoms with van der Waals surface area (Å²) in [5, 5.41) is 13.0. The maximum absolute atomic E-state index is 12.5. The van der Waals surface area contributed by atoms with E-state index >= 15 is 0 Å². The van der Waals surface area contributed by atoms with Crippen molar-refractivity contribution in [2.45, 2.75) is 43.2 Å². The molecule has 12 heteroatoms. The van der Waals surface area contributed by atoms with Crippen molar-refractivity contribution in [3.63, 3.8) is 0 Å². The standard InChI is InChI=1S/C20H26N8O2S2/c1-12(2)9-23-17-14-10-24-27(18(14)26-19(25-17)31-3)7-6-21-15(29)8-13-11-32-20-22-5-4-16(30)28(13)20/h4-5,10,12-13H,6-9,11H2,1-3H3,(H,21,29)(H,23,25,26). The van der Waals surface area contributed by atoms with Crippen molar-refractivity contribution >= 4 is 46.3 Å². The van der Waals surface area contributed by atoms with Crippen molar-refractivity contribution in [1.82, 2.24) is 34.6 Å². The predicted molar refractivity (Wildman–Crippen MR) is 126 cm³/mol. The Bertz CT molecular complexity index is 1180. The number of carbonyl (C=O) groups is 1. The number of nitrogens with zero attached hydrogens (tertiary/aromatic N) is 6. The van der Waals surface area contributed by atoms with Crippen LogP contribution in [0.15, 0.2) is 33.6 Å². The lowest BCUT2D eigenvalue weighted by molar-refractivity contribution is -0.121. The van der Waals surface area contributed by atoms with Crippen molar-refractivity contribution in [2.75, 3.05) is 30.4 Å². The Morgan fingerprint density at radius 1 is 1.38 bits per heavy atom. The molecule has 32 heavy (non-hydrogen) atoms. The SMILES string of the molecule is CSc1nc(NCC(C)C)c2cnn(CCNC(=O)CC3CSc4nccc(=O)n43)c2n1. The maximum Gasteiger partial charge on any atom is 0.254 e. The Hall–Kier alpha value is -2.60. The van der Waals surface area contributed by atoms with E-state index in [-0.39, 0.29) is 23.9 Å². The van der Waals surface area contributed by atoms with Gasteiger partial charge in [-0.1, -0.05) is 37.4 Å². The van der Waals surface area contributed by atoms with Gasteiger partial charge in [0.15, 0.2) is 16.0 Å². The van der Waals surface area contributed by atoms with Crippen LogP contribution in [0.4, 0.5) is 5.82 Å². The Labute approximate surface area is 194 Å². The van der Waals surface area contributed by atoms with E-state index in [1.54, 1.807) is 15.4 Å². The first-order valence-electron chi connectivity index (χ1n) is 10.4. The minimum atomic E-state index is -0.173. The Kier molecular flexibility index (Phi) is 6.99. The molecular weight excluding hydrogens is 448 g/mol. The molecule has 0 aromatic carbocycles. The lowest BCUT2D eigenvalue weighted by atomic mass is 10.2. The van der Waals surface area contributed by atoms with Crippen molar-refractivity contribution in [2.24, 2.45) is 5.92 Å². The highest BCUT2D eigenvalue weighted by Gasteiger charge is 2.26. The molecule has 0 aliphatic carbocycles. The summed E-state index contributed by atoms with van der Waals surface area (Å²) < 4.78 is 3.39. The minimum absolute atomic E-state index is 0.102. The van der Waals surface area contributed by atoms with E-state index in [1.807, 2.05) is 6.26 Å². The molecule has 0 bridgehead atoms. The summed E-state index contributed by atoms with van der Waals surface area (Å²) in [6.07, 6.45) is 5.45. The van der Waals surface area contributed by atoms with E-state index in [1.165, 1.54) is 35.8 Å². The van der Waals surface area contributed by atoms with Gasteiger partial charge in [-0.3, -0.25) is 14.2 Å². The summed E-state index contributed by atoms with van der Waals surface area (Å²) in [6, 6.07) is 1.26. The van der Waals surface area contributed by atoms with Crippen LogP contribution in [0.3, 0.4) is 0 Å². The second-order valence-electron chi connectivity index (χ2n) is 7.89. The lowest BCUT2D eigenvalue weighted by Gasteiger charge is -2.13. The molecule has 0 saturated carbocycles. The molecule has 0 radical (unpaired) electrons. The first-order valence-corrected chi connectivity index (χ1v) is 12.7. The Morgan fingerprint density at radius 2 is 2.22 bits per heavy atom. The zero-order chi connectivity index (χ0) is 22.7. The topological polar surface area (TPSA) is 120 Å². The van der Waals surface area contributed by atoms with Crippen LogP contribution in [-0.2, 0) is 11.3 Å². The van der Waals surface area contributed by atoms with Gasteiger partial charge in [0.25, 0.3) is 5.56 Å². The second kappa shape index (κ2) is 9.90. The summed E-state index contributed by atoms with van der Waals surface area (Å²) in [5.74, 6) is 1.83. The van der Waals surface area contributed by atoms with Gasteiger partial charge in [0.1, 0.15) is 5.82 Å². The fourth-order valence-electron chi connectivity index (χ4n) is 3.45. The van der Waals surface area contributed by atoms with E-state index in [9.17, 15) is 9.59 Å². The molecule has 3 aromatic heterocycles. The number of hydrogen-bond acceptors (Lipinski definition) is 9. The highest BCUT2D eigenvalue weighted by molar-refractivity contribution is 7.99. The molecule has 1 amide bonds. The average molecular weight is 475 g/mol. The number of thioether (sulfide) groups is 2. The van der Waals surface area contributed by atoms with Crippen LogP contribution in [0.25, 0.3) is 11.0 Å². The molecule has 1 atom stereocenters. The maximum atomic E-state index is 12.5. The summed E-state index contributed by atoms with van der Waals surface area (Å²) in [6.45, 7) is 5.99. The fourth-order valence-corrected chi connectivity index (χ4v) is 4.94. The molecule has 1 aliphatic heterocycles. The number of nitrogens with one attached hydrogen (secondary N) is 2. The molecule has 2 N–H and O–H groups in total. The lowest BCUT2D eigenvalue weighted by Crippen LogP contribution is -2.32. The molecule has 1 aliphatic rings. The Balaban J connectivity index is 1.39. The first-order chi connectivity index (χ1) is 15.5. The van der Waals surface area contributed by atoms with Gasteiger partial charge in [-0.25, -0.2) is 19.6 Å². The van der Waals surface area contributed by atoms with Gasteiger partial charge in [0.05, 0.1) is 24.2 Å². The van der Waals surface area contributed by atoms with Crippen molar-refractivity contribution in [3.05, 3.63) is 28.8 Å². The highest BCUT2D eigenvalue weighted by atomic mass is 32.2. The first kappa shape index (κ1) is 22.6. The van der Waals surface area contributed by atoms with Crippen LogP contribution < -0.4 is 16.2 Å². The summed E-state index contributed by atoms with van der Waals surface area (Å²) >= 11 is 2.98. The van der Waals surface area contributed by atoms with Crippen LogP contribution in [0.2, 0.25) is 0 Å². The van der Waals surface area contributed by atoms with Crippen molar-refractivity contribution in [1.29, 1.82) is 0 Å². The molecule has 0 fully saturated rings. The monoisotopic (exact) mass is 474 g/mol. The van der Waals surface area contributed by atoms with E-state index in [0.717, 1.165) is 23.4 Å². The fraction of sp³-hybridized carbons (Fsp3) is 0.500. The van der Waals surface area contributed by atoms with Crippen LogP contribution in [0.5, 0.6) is 0 Å². The molecule has 170 valence electrons. The molecule has 4 heterocycles. The predicted octanol–water partition coefficient (Wildman–Crippen LogP) is 2.03. The number of aromatic nitrogens is 6. The molecule has 4 rings (SSSR count). The number of anilines is 1. The normalized spacial score (nSPS) is 15.3. The van der Waals surface area contributed by atoms with E-state index in [0.29, 0.717) is 35.1 Å². The van der Waals surface area contributed by atoms with Gasteiger partial charge in [0, 0.05) is 37.5 Å². The Morgan fingerprint density at radius 3 is 3.00 bits per heavy atom. The molecule has 1 unspecified atom stereocenters. The number of rotatable bonds is 9. The van der Waals surface area contributed by atoms with E-state index < -0.39 is 0 Å². The van der Waals surface area contributed by atoms with Crippen LogP contribution >= 0.6 is 23.5 Å². The summed E-state index contributed by atoms with van der Waals surface area (Å²) in [5.41, 5.74) is 0.621. The smallest absolute Gasteiger partial charge is 0.254 e. The van der Waals surface area contributed by atoms with Crippen LogP contribution in [0.1, 0.15) is 26.3 Å². The molecule has 0 saturated heterocycles. The molecule has 10 nitrogen and oxygen atoms in total. The van der Waals surface area contributed by atoms with Crippen molar-refractivity contribution in [3.8, 4) is 0 Å². The third-order valence-electron chi connectivity index (χ3n) is 5.02. The second-order valence-corrected chi connectivity index (χ2v) is 9.65. The van der Waals surface area contributed by atoms with Crippen molar-refractivity contribution < 1.29 is 4.79 Å². The highest BCUT2D eigenvalue weighted by Crippen LogP contribution is 2.31. The summed E-state index contributed by atoms with van der Waals surface area (Å²) in [7, 11) is 0. The number of carbonyl (C=O) groups excluding carboxylic acids is 1.